The Morgan fingerprint density at radius 1 is 1.50 bits per heavy atom. The molecule has 0 rings (SSSR count). The molecule has 0 unspecified atom stereocenters. The van der Waals surface area contributed by atoms with E-state index in [0.717, 1.165) is 0 Å². The maximum atomic E-state index is 9.47. The molecule has 0 saturated heterocycles. The van der Waals surface area contributed by atoms with Crippen molar-refractivity contribution in [3.8, 4) is 0 Å². The molecule has 0 aliphatic heterocycles. The van der Waals surface area contributed by atoms with Gasteiger partial charge in [-0.2, -0.15) is 5.90 Å². The van der Waals surface area contributed by atoms with E-state index in [2.05, 4.69) is 10.7 Å². The highest BCUT2D eigenvalue weighted by Gasteiger charge is 1.77. The fourth-order valence-corrected chi connectivity index (χ4v) is 0. The van der Waals surface area contributed by atoms with Gasteiger partial charge in [0.1, 0.15) is 0 Å². The molecule has 0 fully saturated rings. The molecule has 6 heteroatoms. The largest absolute Gasteiger partial charge is 0.412 e. The van der Waals surface area contributed by atoms with Crippen LogP contribution in [0.3, 0.4) is 0 Å². The number of hydrogen-bond acceptors (Lipinski definition) is 3. The third-order valence-electron chi connectivity index (χ3n) is 0.166. The van der Waals surface area contributed by atoms with Crippen LogP contribution in [0.2, 0.25) is 0 Å². The minimum Gasteiger partial charge on any atom is -0.412 e. The van der Waals surface area contributed by atoms with Gasteiger partial charge < -0.3 is 15.8 Å². The van der Waals surface area contributed by atoms with E-state index in [9.17, 15) is 4.79 Å². The van der Waals surface area contributed by atoms with E-state index < -0.39 is 5.97 Å². The molecule has 3 radical (unpaired) electrons. The minimum absolute atomic E-state index is 0. The van der Waals surface area contributed by atoms with Crippen LogP contribution in [-0.2, 0) is 9.63 Å². The summed E-state index contributed by atoms with van der Waals surface area (Å²) in [4.78, 5) is 13.1. The molecule has 0 saturated carbocycles. The summed E-state index contributed by atoms with van der Waals surface area (Å²) in [7, 11) is 0. The second kappa shape index (κ2) is 15.8. The Morgan fingerprint density at radius 3 is 1.62 bits per heavy atom. The van der Waals surface area contributed by atoms with E-state index in [1.54, 1.807) is 0 Å². The molecule has 0 aliphatic carbocycles. The van der Waals surface area contributed by atoms with Crippen molar-refractivity contribution in [1.82, 2.24) is 0 Å². The van der Waals surface area contributed by atoms with E-state index in [0.29, 0.717) is 0 Å². The fourth-order valence-electron chi connectivity index (χ4n) is 0. The van der Waals surface area contributed by atoms with E-state index in [1.807, 2.05) is 0 Å². The van der Waals surface area contributed by atoms with E-state index in [1.165, 1.54) is 6.92 Å². The van der Waals surface area contributed by atoms with Gasteiger partial charge in [0.05, 0.1) is 0 Å². The highest BCUT2D eigenvalue weighted by atomic mass is 27.0. The number of carbonyl (C=O) groups excluding carboxylic acids is 1. The van der Waals surface area contributed by atoms with Crippen molar-refractivity contribution in [1.29, 1.82) is 0 Å². The molecule has 6 N–H and O–H groups in total. The van der Waals surface area contributed by atoms with Crippen molar-refractivity contribution in [3.63, 3.8) is 0 Å². The third-order valence-corrected chi connectivity index (χ3v) is 0.166. The fraction of sp³-hybridized carbons (Fsp3) is 0.500. The topological polar surface area (TPSA) is 115 Å². The molecule has 0 spiro atoms. The van der Waals surface area contributed by atoms with E-state index >= 15 is 0 Å². The molecular formula is C2H9AlNO4. The standard InChI is InChI=1S/C2H5NO2.Al.2H2O/c1-2(4)5-3;;;/h3H2,1H3;;2*1H2. The molecule has 49 valence electrons. The molecule has 0 aromatic rings. The van der Waals surface area contributed by atoms with E-state index in [-0.39, 0.29) is 28.3 Å². The maximum absolute atomic E-state index is 9.47. The second-order valence-electron chi connectivity index (χ2n) is 0.609. The summed E-state index contributed by atoms with van der Waals surface area (Å²) in [5.74, 6) is 3.85. The summed E-state index contributed by atoms with van der Waals surface area (Å²) >= 11 is 0. The van der Waals surface area contributed by atoms with Gasteiger partial charge in [-0.05, 0) is 0 Å². The van der Waals surface area contributed by atoms with Crippen LogP contribution in [0.1, 0.15) is 6.92 Å². The predicted molar refractivity (Wildman–Crippen MR) is 28.9 cm³/mol. The molecule has 0 aliphatic rings. The van der Waals surface area contributed by atoms with Gasteiger partial charge in [0.2, 0.25) is 0 Å². The van der Waals surface area contributed by atoms with Gasteiger partial charge >= 0.3 is 5.97 Å². The van der Waals surface area contributed by atoms with Crippen molar-refractivity contribution in [2.45, 2.75) is 6.92 Å². The Morgan fingerprint density at radius 2 is 1.62 bits per heavy atom. The molecule has 0 aromatic heterocycles. The first-order chi connectivity index (χ1) is 2.27. The zero-order chi connectivity index (χ0) is 4.28. The molecule has 0 aromatic carbocycles. The van der Waals surface area contributed by atoms with Crippen LogP contribution >= 0.6 is 0 Å². The van der Waals surface area contributed by atoms with Gasteiger partial charge in [0.15, 0.2) is 0 Å². The van der Waals surface area contributed by atoms with Crippen molar-refractivity contribution in [2.24, 2.45) is 5.90 Å². The lowest BCUT2D eigenvalue weighted by molar-refractivity contribution is -0.141. The first-order valence-electron chi connectivity index (χ1n) is 1.14. The Balaban J connectivity index is -0.0000000267. The Bertz CT molecular complexity index is 49.3. The summed E-state index contributed by atoms with van der Waals surface area (Å²) in [6.07, 6.45) is 0. The summed E-state index contributed by atoms with van der Waals surface area (Å²) in [5, 5.41) is 0. The van der Waals surface area contributed by atoms with Crippen LogP contribution in [0.25, 0.3) is 0 Å². The number of hydrogen-bond donors (Lipinski definition) is 1. The molecule has 5 nitrogen and oxygen atoms in total. The second-order valence-corrected chi connectivity index (χ2v) is 0.609. The van der Waals surface area contributed by atoms with Crippen LogP contribution < -0.4 is 5.90 Å². The smallest absolute Gasteiger partial charge is 0.321 e. The van der Waals surface area contributed by atoms with Gasteiger partial charge in [-0.3, -0.25) is 4.79 Å². The van der Waals surface area contributed by atoms with Crippen molar-refractivity contribution in [2.75, 3.05) is 0 Å². The average molecular weight is 138 g/mol. The lowest BCUT2D eigenvalue weighted by Gasteiger charge is -1.79. The molecule has 0 amide bonds. The molecule has 0 bridgehead atoms. The zero-order valence-corrected chi connectivity index (χ0v) is 5.63. The first-order valence-corrected chi connectivity index (χ1v) is 1.14. The lowest BCUT2D eigenvalue weighted by Crippen LogP contribution is -2.03. The highest BCUT2D eigenvalue weighted by molar-refractivity contribution is 5.75. The summed E-state index contributed by atoms with van der Waals surface area (Å²) in [6.45, 7) is 1.24. The van der Waals surface area contributed by atoms with Gasteiger partial charge in [-0.25, -0.2) is 0 Å². The van der Waals surface area contributed by atoms with Crippen molar-refractivity contribution < 1.29 is 20.6 Å². The first kappa shape index (κ1) is 24.8. The Hall–Kier alpha value is -0.118. The summed E-state index contributed by atoms with van der Waals surface area (Å²) in [5.41, 5.74) is 0. The highest BCUT2D eigenvalue weighted by Crippen LogP contribution is 1.55. The van der Waals surface area contributed by atoms with Gasteiger partial charge in [0.25, 0.3) is 0 Å². The Labute approximate surface area is 57.5 Å². The van der Waals surface area contributed by atoms with Gasteiger partial charge in [-0.1, -0.05) is 0 Å². The summed E-state index contributed by atoms with van der Waals surface area (Å²) < 4.78 is 0. The lowest BCUT2D eigenvalue weighted by atomic mass is 10.8. The third kappa shape index (κ3) is 39.6. The SMILES string of the molecule is CC(=O)ON.O.O.[Al]. The molecule has 8 heavy (non-hydrogen) atoms. The molecule has 0 heterocycles. The van der Waals surface area contributed by atoms with Crippen LogP contribution in [-0.4, -0.2) is 34.3 Å². The van der Waals surface area contributed by atoms with E-state index in [4.69, 9.17) is 0 Å². The zero-order valence-electron chi connectivity index (χ0n) is 4.47. The van der Waals surface area contributed by atoms with Gasteiger partial charge in [-0.15, -0.1) is 0 Å². The number of rotatable bonds is 0. The van der Waals surface area contributed by atoms with Crippen LogP contribution in [0, 0.1) is 0 Å². The predicted octanol–water partition coefficient (Wildman–Crippen LogP) is -2.61. The molecule has 0 atom stereocenters. The maximum Gasteiger partial charge on any atom is 0.321 e. The monoisotopic (exact) mass is 138 g/mol. The minimum atomic E-state index is -0.468. The van der Waals surface area contributed by atoms with Crippen LogP contribution in [0.5, 0.6) is 0 Å². The average Bonchev–Trinajstić information content (AvgIpc) is 1.38. The summed E-state index contributed by atoms with van der Waals surface area (Å²) in [6, 6.07) is 0. The van der Waals surface area contributed by atoms with Crippen LogP contribution in [0.15, 0.2) is 0 Å². The van der Waals surface area contributed by atoms with Crippen molar-refractivity contribution in [3.05, 3.63) is 0 Å². The normalized spacial score (nSPS) is 4.25. The number of nitrogens with two attached hydrogens (primary N) is 1. The van der Waals surface area contributed by atoms with Crippen LogP contribution in [0.4, 0.5) is 0 Å². The number of carbonyl (C=O) groups is 1. The molecular weight excluding hydrogens is 129 g/mol. The Kier molecular flexibility index (Phi) is 48.9. The van der Waals surface area contributed by atoms with Crippen molar-refractivity contribution >= 4 is 23.3 Å². The quantitative estimate of drug-likeness (QED) is 0.292. The van der Waals surface area contributed by atoms with Gasteiger partial charge in [0, 0.05) is 24.3 Å².